The molecule has 0 unspecified atom stereocenters. The van der Waals surface area contributed by atoms with Crippen molar-refractivity contribution >= 4 is 33.4 Å². The highest BCUT2D eigenvalue weighted by Crippen LogP contribution is 2.31. The van der Waals surface area contributed by atoms with Gasteiger partial charge in [-0.25, -0.2) is 13.2 Å². The van der Waals surface area contributed by atoms with Crippen LogP contribution in [0.3, 0.4) is 0 Å². The zero-order valence-corrected chi connectivity index (χ0v) is 27.7. The van der Waals surface area contributed by atoms with Gasteiger partial charge in [0.2, 0.25) is 5.91 Å². The minimum atomic E-state index is -3.36. The van der Waals surface area contributed by atoms with Crippen molar-refractivity contribution in [1.29, 1.82) is 0 Å². The Morgan fingerprint density at radius 2 is 1.75 bits per heavy atom. The lowest BCUT2D eigenvalue weighted by Gasteiger charge is -2.34. The van der Waals surface area contributed by atoms with Crippen LogP contribution in [0.25, 0.3) is 11.1 Å². The number of hydrogen-bond donors (Lipinski definition) is 4. The number of aliphatic hydroxyl groups is 1. The molecule has 48 heavy (non-hydrogen) atoms. The number of nitrogens with one attached hydrogen (secondary N) is 3. The third-order valence-corrected chi connectivity index (χ3v) is 10.3. The molecule has 12 nitrogen and oxygen atoms in total. The first kappa shape index (κ1) is 33.4. The Bertz CT molecular complexity index is 1800. The Labute approximate surface area is 279 Å². The molecule has 3 aromatic rings. The van der Waals surface area contributed by atoms with Gasteiger partial charge < -0.3 is 35.4 Å². The quantitative estimate of drug-likeness (QED) is 0.329. The normalized spacial score (nSPS) is 24.9. The van der Waals surface area contributed by atoms with Gasteiger partial charge in [-0.05, 0) is 73.2 Å². The zero-order chi connectivity index (χ0) is 34.0. The first-order valence-corrected chi connectivity index (χ1v) is 18.0. The van der Waals surface area contributed by atoms with Crippen molar-refractivity contribution in [2.45, 2.75) is 67.9 Å². The number of hydrogen-bond acceptors (Lipinski definition) is 8. The minimum Gasteiger partial charge on any atom is -0.493 e. The largest absolute Gasteiger partial charge is 0.493 e. The lowest BCUT2D eigenvalue weighted by Crippen LogP contribution is -2.51. The van der Waals surface area contributed by atoms with Crippen LogP contribution in [0, 0.1) is 6.92 Å². The van der Waals surface area contributed by atoms with Gasteiger partial charge in [-0.1, -0.05) is 36.4 Å². The van der Waals surface area contributed by atoms with Crippen LogP contribution in [0.4, 0.5) is 10.5 Å². The van der Waals surface area contributed by atoms with E-state index in [1.165, 1.54) is 17.0 Å². The number of likely N-dealkylation sites (tertiary alicyclic amines) is 1. The molecule has 254 valence electrons. The fourth-order valence-electron chi connectivity index (χ4n) is 6.44. The number of carbonyl (C=O) groups is 3. The summed E-state index contributed by atoms with van der Waals surface area (Å²) in [5, 5.41) is 19.4. The van der Waals surface area contributed by atoms with E-state index in [1.807, 2.05) is 25.1 Å². The second kappa shape index (κ2) is 14.0. The summed E-state index contributed by atoms with van der Waals surface area (Å²) in [5.41, 5.74) is 3.23. The Morgan fingerprint density at radius 1 is 1.00 bits per heavy atom. The van der Waals surface area contributed by atoms with Crippen LogP contribution in [-0.4, -0.2) is 92.6 Å². The summed E-state index contributed by atoms with van der Waals surface area (Å²) >= 11 is 0. The number of urea groups is 1. The predicted octanol–water partition coefficient (Wildman–Crippen LogP) is 3.28. The van der Waals surface area contributed by atoms with E-state index >= 15 is 0 Å². The van der Waals surface area contributed by atoms with Crippen molar-refractivity contribution < 1.29 is 37.4 Å². The minimum absolute atomic E-state index is 0.0719. The highest BCUT2D eigenvalue weighted by molar-refractivity contribution is 7.90. The molecule has 3 aliphatic heterocycles. The van der Waals surface area contributed by atoms with Crippen LogP contribution in [-0.2, 0) is 19.4 Å². The molecule has 3 aromatic carbocycles. The molecule has 0 aromatic heterocycles. The van der Waals surface area contributed by atoms with E-state index in [9.17, 15) is 27.9 Å². The Morgan fingerprint density at radius 3 is 2.50 bits per heavy atom. The molecule has 0 radical (unpaired) electrons. The van der Waals surface area contributed by atoms with Crippen LogP contribution in [0.1, 0.15) is 41.6 Å². The van der Waals surface area contributed by atoms with Gasteiger partial charge in [0, 0.05) is 37.5 Å². The molecule has 2 saturated heterocycles. The fraction of sp³-hybridized carbons (Fsp3) is 0.400. The van der Waals surface area contributed by atoms with Crippen molar-refractivity contribution in [1.82, 2.24) is 15.5 Å². The standard InChI is InChI=1S/C35H40N4O8S/c1-21-5-3-4-6-28(21)38-35(43)39-20-24-18-29(39)34(42)36-19-32-30(40)14-10-25(47-32)15-16-46-31-17-23(9-13-27(31)33(41)37-24)22-7-11-26(12-8-22)48(2,44)45/h3-9,11-13,17,24-25,29-30,32,40H,10,14-16,18-20H2,1-2H3,(H,36,42)(H,37,41)(H,38,43)/t24-,25-,29-,30-,32+/m0/s1. The fourth-order valence-corrected chi connectivity index (χ4v) is 7.08. The summed E-state index contributed by atoms with van der Waals surface area (Å²) < 4.78 is 36.3. The molecule has 0 aliphatic carbocycles. The Balaban J connectivity index is 1.29. The smallest absolute Gasteiger partial charge is 0.322 e. The molecule has 4 bridgehead atoms. The van der Waals surface area contributed by atoms with Gasteiger partial charge >= 0.3 is 6.03 Å². The van der Waals surface area contributed by atoms with Crippen LogP contribution >= 0.6 is 0 Å². The number of para-hydroxylation sites is 1. The first-order chi connectivity index (χ1) is 23.0. The van der Waals surface area contributed by atoms with Gasteiger partial charge in [-0.2, -0.15) is 0 Å². The number of nitrogens with zero attached hydrogens (tertiary/aromatic N) is 1. The van der Waals surface area contributed by atoms with Crippen molar-refractivity contribution in [2.24, 2.45) is 0 Å². The molecule has 3 aliphatic rings. The van der Waals surface area contributed by atoms with E-state index < -0.39 is 52.0 Å². The highest BCUT2D eigenvalue weighted by Gasteiger charge is 2.41. The highest BCUT2D eigenvalue weighted by atomic mass is 32.2. The maximum absolute atomic E-state index is 13.8. The maximum atomic E-state index is 13.8. The number of aryl methyl sites for hydroxylation is 1. The number of anilines is 1. The molecule has 2 fully saturated rings. The number of carbonyl (C=O) groups excluding carboxylic acids is 3. The van der Waals surface area contributed by atoms with Crippen molar-refractivity contribution in [3.8, 4) is 16.9 Å². The van der Waals surface area contributed by atoms with E-state index in [4.69, 9.17) is 9.47 Å². The SMILES string of the molecule is Cc1ccccc1NC(=O)N1C[C@@H]2C[C@H]1C(=O)NC[C@H]1O[C@H](CCOc3cc(-c4ccc(S(C)(=O)=O)cc4)ccc3C(=O)N2)CC[C@@H]1O. The number of rotatable bonds is 3. The molecule has 4 N–H and O–H groups in total. The molecule has 4 amide bonds. The average Bonchev–Trinajstić information content (AvgIpc) is 3.49. The number of sulfone groups is 1. The van der Waals surface area contributed by atoms with Gasteiger partial charge in [-0.15, -0.1) is 0 Å². The molecular formula is C35H40N4O8S. The van der Waals surface area contributed by atoms with E-state index in [1.54, 1.807) is 36.4 Å². The molecular weight excluding hydrogens is 636 g/mol. The third-order valence-electron chi connectivity index (χ3n) is 9.18. The maximum Gasteiger partial charge on any atom is 0.322 e. The molecule has 5 atom stereocenters. The van der Waals surface area contributed by atoms with Crippen LogP contribution < -0.4 is 20.7 Å². The number of fused-ring (bicyclic) bond motifs is 5. The van der Waals surface area contributed by atoms with Crippen LogP contribution in [0.5, 0.6) is 5.75 Å². The summed E-state index contributed by atoms with van der Waals surface area (Å²) in [4.78, 5) is 42.5. The monoisotopic (exact) mass is 676 g/mol. The van der Waals surface area contributed by atoms with Gasteiger partial charge in [0.15, 0.2) is 9.84 Å². The third kappa shape index (κ3) is 7.48. The molecule has 6 rings (SSSR count). The lowest BCUT2D eigenvalue weighted by atomic mass is 9.99. The second-order valence-electron chi connectivity index (χ2n) is 12.7. The number of ether oxygens (including phenoxy) is 2. The lowest BCUT2D eigenvalue weighted by molar-refractivity contribution is -0.133. The van der Waals surface area contributed by atoms with Gasteiger partial charge in [-0.3, -0.25) is 9.59 Å². The average molecular weight is 677 g/mol. The number of amides is 4. The number of benzene rings is 3. The van der Waals surface area contributed by atoms with Gasteiger partial charge in [0.1, 0.15) is 17.9 Å². The van der Waals surface area contributed by atoms with Gasteiger partial charge in [0.05, 0.1) is 29.3 Å². The summed E-state index contributed by atoms with van der Waals surface area (Å²) in [7, 11) is -3.36. The van der Waals surface area contributed by atoms with Crippen molar-refractivity contribution in [3.63, 3.8) is 0 Å². The predicted molar refractivity (Wildman–Crippen MR) is 179 cm³/mol. The molecule has 0 spiro atoms. The molecule has 3 heterocycles. The second-order valence-corrected chi connectivity index (χ2v) is 14.7. The van der Waals surface area contributed by atoms with Crippen molar-refractivity contribution in [2.75, 3.05) is 31.3 Å². The van der Waals surface area contributed by atoms with Crippen LogP contribution in [0.15, 0.2) is 71.6 Å². The summed E-state index contributed by atoms with van der Waals surface area (Å²) in [5.74, 6) is -0.483. The van der Waals surface area contributed by atoms with E-state index in [-0.39, 0.29) is 42.7 Å². The van der Waals surface area contributed by atoms with E-state index in [0.717, 1.165) is 22.9 Å². The summed E-state index contributed by atoms with van der Waals surface area (Å²) in [6.45, 7) is 2.27. The molecule has 0 saturated carbocycles. The zero-order valence-electron chi connectivity index (χ0n) is 26.8. The van der Waals surface area contributed by atoms with E-state index in [0.29, 0.717) is 30.7 Å². The molecule has 13 heteroatoms. The summed E-state index contributed by atoms with van der Waals surface area (Å²) in [6, 6.07) is 17.1. The van der Waals surface area contributed by atoms with Crippen LogP contribution in [0.2, 0.25) is 0 Å². The van der Waals surface area contributed by atoms with Crippen molar-refractivity contribution in [3.05, 3.63) is 77.9 Å². The number of aliphatic hydroxyl groups excluding tert-OH is 1. The first-order valence-electron chi connectivity index (χ1n) is 16.1. The summed E-state index contributed by atoms with van der Waals surface area (Å²) in [6.07, 6.45) is 1.30. The topological polar surface area (TPSA) is 163 Å². The van der Waals surface area contributed by atoms with Gasteiger partial charge in [0.25, 0.3) is 5.91 Å². The Kier molecular flexibility index (Phi) is 9.72. The van der Waals surface area contributed by atoms with E-state index in [2.05, 4.69) is 16.0 Å². The Hall–Kier alpha value is -4.46.